The van der Waals surface area contributed by atoms with E-state index in [4.69, 9.17) is 80.3 Å². The van der Waals surface area contributed by atoms with Crippen molar-refractivity contribution in [2.24, 2.45) is 105 Å². The molecule has 0 unspecified atom stereocenters. The number of guanidine groups is 5. The largest absolute Gasteiger partial charge is 0.480 e. The van der Waals surface area contributed by atoms with Crippen LogP contribution in [0.3, 0.4) is 0 Å². The van der Waals surface area contributed by atoms with Gasteiger partial charge in [0, 0.05) is 45.7 Å². The van der Waals surface area contributed by atoms with E-state index in [2.05, 4.69) is 78.1 Å². The Morgan fingerprint density at radius 2 is 0.670 bits per heavy atom. The summed E-state index contributed by atoms with van der Waals surface area (Å²) < 4.78 is 0. The summed E-state index contributed by atoms with van der Waals surface area (Å²) in [4.78, 5) is 201. The summed E-state index contributed by atoms with van der Waals surface area (Å²) in [7, 11) is 0. The van der Waals surface area contributed by atoms with E-state index < -0.39 is 168 Å². The molecule has 41 N–H and O–H groups in total. The number of aliphatic imine (C=N–C) groups is 5. The number of aliphatic hydroxyl groups is 2. The van der Waals surface area contributed by atoms with Crippen molar-refractivity contribution in [3.63, 3.8) is 0 Å². The standard InChI is InChI=1S/C63H120N30O16/c1-32(83-48(98)37(16-8-26-78-59(68)69)87-54(104)42(22-23-44(66)96)91-56(106)43-21-13-31-93(43)57(107)45(67)33(2)94)47(97)84-38(17-9-27-79-60(70)71)51(101)88-40(19-11-29-81-62(74)75)53(103)89-39(18-10-28-80-61(72)73)52(102)86-35(14-4-6-24-64)49(99)85-36(15-5-7-25-65)50(100)90-41(20-12-30-82-63(76)77)55(105)92-46(34(3)95)58(108)109/h32-43,45-46,94-95H,4-31,64-65,67H2,1-3H3,(H2,66,96)(H,83,98)(H,84,97)(H,85,99)(H,86,102)(H,87,104)(H,88,101)(H,89,103)(H,90,100)(H,91,106)(H,92,105)(H,108,109)(H4,68,69,78)(H4,70,71,79)(H4,72,73,80)(H4,74,75,81)(H4,76,77,82)/t32-,33+,34+,35-,36-,37-,38-,39-,40-,41-,42-,43-,45-,46-/m0/s1. The average Bonchev–Trinajstić information content (AvgIpc) is 1.73. The number of carboxylic acids is 1. The smallest absolute Gasteiger partial charge is 0.328 e. The van der Waals surface area contributed by atoms with Gasteiger partial charge in [0.2, 0.25) is 70.9 Å². The lowest BCUT2D eigenvalue weighted by Gasteiger charge is -2.29. The Labute approximate surface area is 631 Å². The normalized spacial score (nSPS) is 15.9. The fraction of sp³-hybridized carbons (Fsp3) is 0.714. The number of aliphatic carboxylic acids is 1. The molecule has 0 aliphatic carbocycles. The number of primary amides is 1. The number of nitrogens with zero attached hydrogens (tertiary/aromatic N) is 6. The third-order valence-corrected chi connectivity index (χ3v) is 16.8. The lowest BCUT2D eigenvalue weighted by molar-refractivity contribution is -0.145. The second-order valence-electron chi connectivity index (χ2n) is 26.1. The van der Waals surface area contributed by atoms with Crippen LogP contribution in [0.4, 0.5) is 0 Å². The number of amides is 12. The van der Waals surface area contributed by atoms with Gasteiger partial charge in [0.25, 0.3) is 0 Å². The molecular weight excluding hydrogens is 1430 g/mol. The molecule has 1 aliphatic heterocycles. The molecule has 618 valence electrons. The molecule has 1 fully saturated rings. The third-order valence-electron chi connectivity index (χ3n) is 16.8. The Morgan fingerprint density at radius 3 is 0.945 bits per heavy atom. The summed E-state index contributed by atoms with van der Waals surface area (Å²) in [6, 6.07) is -17.9. The highest BCUT2D eigenvalue weighted by molar-refractivity contribution is 6.00. The van der Waals surface area contributed by atoms with Crippen LogP contribution in [0.1, 0.15) is 149 Å². The van der Waals surface area contributed by atoms with Crippen molar-refractivity contribution in [1.29, 1.82) is 0 Å². The number of hydrogen-bond acceptors (Lipinski definition) is 23. The average molecular weight is 1550 g/mol. The zero-order chi connectivity index (χ0) is 82.5. The van der Waals surface area contributed by atoms with Crippen molar-refractivity contribution in [2.45, 2.75) is 234 Å². The Kier molecular flexibility index (Phi) is 46.2. The number of aliphatic hydroxyl groups excluding tert-OH is 2. The molecule has 46 nitrogen and oxygen atoms in total. The highest BCUT2D eigenvalue weighted by Gasteiger charge is 2.40. The summed E-state index contributed by atoms with van der Waals surface area (Å²) in [5.74, 6) is -14.2. The number of nitrogens with one attached hydrogen (secondary N) is 10. The minimum atomic E-state index is -1.79. The molecule has 14 atom stereocenters. The number of carbonyl (C=O) groups is 13. The van der Waals surface area contributed by atoms with Gasteiger partial charge in [-0.2, -0.15) is 0 Å². The van der Waals surface area contributed by atoms with E-state index in [0.29, 0.717) is 19.3 Å². The van der Waals surface area contributed by atoms with Gasteiger partial charge in [-0.15, -0.1) is 0 Å². The Bertz CT molecular complexity index is 3120. The number of carbonyl (C=O) groups excluding carboxylic acids is 12. The summed E-state index contributed by atoms with van der Waals surface area (Å²) in [6.07, 6.45) is -3.02. The molecule has 0 aromatic carbocycles. The zero-order valence-corrected chi connectivity index (χ0v) is 62.3. The molecule has 0 spiro atoms. The van der Waals surface area contributed by atoms with Crippen LogP contribution in [0.5, 0.6) is 0 Å². The quantitative estimate of drug-likeness (QED) is 0.0153. The van der Waals surface area contributed by atoms with Gasteiger partial charge in [0.15, 0.2) is 35.8 Å². The van der Waals surface area contributed by atoms with Crippen molar-refractivity contribution in [3.05, 3.63) is 0 Å². The first-order chi connectivity index (χ1) is 51.3. The monoisotopic (exact) mass is 1550 g/mol. The molecule has 1 rings (SSSR count). The van der Waals surface area contributed by atoms with Crippen LogP contribution in [0, 0.1) is 0 Å². The lowest BCUT2D eigenvalue weighted by Crippen LogP contribution is -2.60. The molecule has 0 aromatic heterocycles. The van der Waals surface area contributed by atoms with Gasteiger partial charge in [-0.3, -0.25) is 82.5 Å². The molecule has 0 aromatic rings. The molecule has 1 heterocycles. The van der Waals surface area contributed by atoms with Crippen LogP contribution < -0.4 is 133 Å². The van der Waals surface area contributed by atoms with Crippen LogP contribution in [0.15, 0.2) is 25.0 Å². The second kappa shape index (κ2) is 52.3. The number of unbranched alkanes of at least 4 members (excludes halogenated alkanes) is 2. The van der Waals surface area contributed by atoms with Crippen LogP contribution in [0.2, 0.25) is 0 Å². The second-order valence-corrected chi connectivity index (χ2v) is 26.1. The number of hydrogen-bond donors (Lipinski definition) is 27. The number of likely N-dealkylation sites (tertiary alicyclic amines) is 1. The van der Waals surface area contributed by atoms with Crippen LogP contribution in [-0.2, 0) is 62.3 Å². The Morgan fingerprint density at radius 1 is 0.385 bits per heavy atom. The molecule has 1 saturated heterocycles. The summed E-state index contributed by atoms with van der Waals surface area (Å²) in [5, 5.41) is 55.3. The van der Waals surface area contributed by atoms with Gasteiger partial charge in [-0.25, -0.2) is 4.79 Å². The summed E-state index contributed by atoms with van der Waals surface area (Å²) in [5.41, 5.74) is 78.5. The van der Waals surface area contributed by atoms with Crippen molar-refractivity contribution in [2.75, 3.05) is 52.4 Å². The zero-order valence-electron chi connectivity index (χ0n) is 62.3. The lowest BCUT2D eigenvalue weighted by atomic mass is 10.0. The van der Waals surface area contributed by atoms with E-state index in [1.54, 1.807) is 0 Å². The van der Waals surface area contributed by atoms with Gasteiger partial charge in [0.1, 0.15) is 66.5 Å². The van der Waals surface area contributed by atoms with Crippen molar-refractivity contribution in [3.8, 4) is 0 Å². The van der Waals surface area contributed by atoms with Gasteiger partial charge in [-0.1, -0.05) is 0 Å². The molecule has 12 amide bonds. The fourth-order valence-electron chi connectivity index (χ4n) is 10.9. The topological polar surface area (TPSA) is 832 Å². The van der Waals surface area contributed by atoms with Gasteiger partial charge in [-0.05, 0) is 156 Å². The molecule has 1 aliphatic rings. The predicted octanol–water partition coefficient (Wildman–Crippen LogP) is -12.2. The van der Waals surface area contributed by atoms with Crippen LogP contribution >= 0.6 is 0 Å². The van der Waals surface area contributed by atoms with E-state index >= 15 is 0 Å². The molecule has 46 heteroatoms. The minimum Gasteiger partial charge on any atom is -0.480 e. The van der Waals surface area contributed by atoms with Crippen molar-refractivity contribution < 1.29 is 77.6 Å². The van der Waals surface area contributed by atoms with E-state index in [9.17, 15) is 77.6 Å². The summed E-state index contributed by atoms with van der Waals surface area (Å²) in [6.45, 7) is 3.78. The molecule has 0 bridgehead atoms. The first kappa shape index (κ1) is 96.3. The molecule has 0 radical (unpaired) electrons. The maximum Gasteiger partial charge on any atom is 0.328 e. The van der Waals surface area contributed by atoms with E-state index in [-0.39, 0.29) is 185 Å². The molecular formula is C63H120N30O16. The number of carboxylic acid groups (broad SMARTS) is 1. The Balaban J connectivity index is 3.87. The number of rotatable bonds is 55. The van der Waals surface area contributed by atoms with Gasteiger partial charge < -0.3 is 154 Å². The van der Waals surface area contributed by atoms with Crippen LogP contribution in [0.25, 0.3) is 0 Å². The molecule has 109 heavy (non-hydrogen) atoms. The number of nitrogens with two attached hydrogens (primary N) is 14. The van der Waals surface area contributed by atoms with Gasteiger partial charge in [0.05, 0.1) is 12.2 Å². The fourth-order valence-corrected chi connectivity index (χ4v) is 10.9. The third kappa shape index (κ3) is 39.6. The highest BCUT2D eigenvalue weighted by atomic mass is 16.4. The first-order valence-electron chi connectivity index (χ1n) is 36.0. The maximum absolute atomic E-state index is 14.8. The van der Waals surface area contributed by atoms with Crippen molar-refractivity contribution >= 4 is 107 Å². The summed E-state index contributed by atoms with van der Waals surface area (Å²) >= 11 is 0. The van der Waals surface area contributed by atoms with Crippen molar-refractivity contribution in [1.82, 2.24) is 58.1 Å². The van der Waals surface area contributed by atoms with Gasteiger partial charge >= 0.3 is 5.97 Å². The van der Waals surface area contributed by atoms with E-state index in [0.717, 1.165) is 6.92 Å². The van der Waals surface area contributed by atoms with E-state index in [1.165, 1.54) is 18.7 Å². The Hall–Kier alpha value is -10.7. The van der Waals surface area contributed by atoms with Crippen LogP contribution in [-0.4, -0.2) is 264 Å². The molecule has 0 saturated carbocycles. The highest BCUT2D eigenvalue weighted by Crippen LogP contribution is 2.20. The maximum atomic E-state index is 14.8. The SMILES string of the molecule is C[C@H](NC(=O)[C@H](CCCN=C(N)N)NC(=O)[C@H](CCC(N)=O)NC(=O)[C@@H]1CCCN1C(=O)[C@@H](N)[C@@H](C)O)C(=O)N[C@@H](CCCN=C(N)N)C(=O)N[C@@H](CCCN=C(N)N)C(=O)N[C@@H](CCCN=C(N)N)C(=O)N[C@@H](CCCCN)C(=O)N[C@@H](CCCCN)C(=O)N[C@@H](CCCN=C(N)N)C(=O)N[C@H](C(=O)O)[C@@H](C)O. The van der Waals surface area contributed by atoms with E-state index in [1.807, 2.05) is 0 Å². The first-order valence-corrected chi connectivity index (χ1v) is 36.0. The minimum absolute atomic E-state index is 0.00175. The predicted molar refractivity (Wildman–Crippen MR) is 402 cm³/mol.